The summed E-state index contributed by atoms with van der Waals surface area (Å²) >= 11 is 8.26. The first-order chi connectivity index (χ1) is 15.0. The molecule has 0 unspecified atom stereocenters. The van der Waals surface area contributed by atoms with Crippen LogP contribution in [0, 0.1) is 0 Å². The van der Waals surface area contributed by atoms with Gasteiger partial charge in [0, 0.05) is 24.6 Å². The molecule has 4 aromatic rings. The van der Waals surface area contributed by atoms with Crippen LogP contribution in [-0.4, -0.2) is 31.7 Å². The molecule has 3 heterocycles. The molecule has 3 aromatic heterocycles. The van der Waals surface area contributed by atoms with E-state index in [0.717, 1.165) is 0 Å². The number of halogens is 1. The number of nitrogens with one attached hydrogen (secondary N) is 1. The van der Waals surface area contributed by atoms with Gasteiger partial charge in [-0.05, 0) is 30.3 Å². The summed E-state index contributed by atoms with van der Waals surface area (Å²) in [5.41, 5.74) is 1.75. The Kier molecular flexibility index (Phi) is 6.40. The van der Waals surface area contributed by atoms with Crippen LogP contribution in [0.5, 0.6) is 5.75 Å². The van der Waals surface area contributed by atoms with Gasteiger partial charge >= 0.3 is 0 Å². The number of pyridine rings is 1. The van der Waals surface area contributed by atoms with E-state index in [4.69, 9.17) is 15.8 Å². The van der Waals surface area contributed by atoms with E-state index in [1.54, 1.807) is 65.8 Å². The largest absolute Gasteiger partial charge is 0.424 e. The van der Waals surface area contributed by atoms with Crippen LogP contribution in [0.15, 0.2) is 65.7 Å². The predicted molar refractivity (Wildman–Crippen MR) is 122 cm³/mol. The minimum atomic E-state index is -0.226. The van der Waals surface area contributed by atoms with Crippen LogP contribution in [-0.2, 0) is 6.54 Å². The fourth-order valence-corrected chi connectivity index (χ4v) is 4.10. The van der Waals surface area contributed by atoms with Crippen molar-refractivity contribution in [2.75, 3.05) is 6.26 Å². The number of carbonyl (C=O) groups is 1. The van der Waals surface area contributed by atoms with Gasteiger partial charge in [0.25, 0.3) is 11.5 Å². The van der Waals surface area contributed by atoms with Crippen LogP contribution in [0.25, 0.3) is 11.4 Å². The van der Waals surface area contributed by atoms with Crippen molar-refractivity contribution in [3.8, 4) is 17.1 Å². The van der Waals surface area contributed by atoms with Crippen molar-refractivity contribution in [3.63, 3.8) is 0 Å². The van der Waals surface area contributed by atoms with Crippen LogP contribution in [0.1, 0.15) is 15.4 Å². The normalized spacial score (nSPS) is 10.8. The van der Waals surface area contributed by atoms with Gasteiger partial charge in [0.1, 0.15) is 11.4 Å². The molecule has 1 amide bonds. The monoisotopic (exact) mass is 473 g/mol. The van der Waals surface area contributed by atoms with Gasteiger partial charge < -0.3 is 9.50 Å². The van der Waals surface area contributed by atoms with Crippen molar-refractivity contribution in [3.05, 3.63) is 86.2 Å². The first-order valence-electron chi connectivity index (χ1n) is 9.03. The van der Waals surface area contributed by atoms with Gasteiger partial charge in [0.2, 0.25) is 0 Å². The second-order valence-corrected chi connectivity index (χ2v) is 8.47. The fourth-order valence-electron chi connectivity index (χ4n) is 2.83. The molecule has 1 aromatic carbocycles. The molecule has 158 valence electrons. The molecule has 0 bridgehead atoms. The van der Waals surface area contributed by atoms with Gasteiger partial charge in [-0.15, -0.1) is 16.4 Å². The Labute approximate surface area is 190 Å². The first kappa shape index (κ1) is 21.2. The Balaban J connectivity index is 1.55. The Hall–Kier alpha value is -3.08. The lowest BCUT2D eigenvalue weighted by molar-refractivity contribution is 0.0954. The lowest BCUT2D eigenvalue weighted by Crippen LogP contribution is -2.21. The molecule has 0 aliphatic carbocycles. The van der Waals surface area contributed by atoms with Gasteiger partial charge in [0.05, 0.1) is 39.7 Å². The van der Waals surface area contributed by atoms with Gasteiger partial charge in [-0.25, -0.2) is 4.68 Å². The number of aromatic nitrogens is 4. The highest BCUT2D eigenvalue weighted by atomic mass is 35.5. The van der Waals surface area contributed by atoms with E-state index in [1.165, 1.54) is 34.0 Å². The van der Waals surface area contributed by atoms with Crippen molar-refractivity contribution in [2.45, 2.75) is 6.54 Å². The molecule has 1 N–H and O–H groups in total. The number of hydrogen-bond donors (Lipinski definition) is 1. The molecule has 0 radical (unpaired) electrons. The van der Waals surface area contributed by atoms with Crippen molar-refractivity contribution in [1.29, 1.82) is 0 Å². The molecular formula is C20H16ClN5O3S2. The number of amides is 1. The van der Waals surface area contributed by atoms with Gasteiger partial charge in [0.15, 0.2) is 5.75 Å². The maximum absolute atomic E-state index is 12.2. The summed E-state index contributed by atoms with van der Waals surface area (Å²) in [4.78, 5) is 24.8. The number of rotatable bonds is 7. The van der Waals surface area contributed by atoms with E-state index >= 15 is 0 Å². The summed E-state index contributed by atoms with van der Waals surface area (Å²) in [6.07, 6.45) is 5.19. The summed E-state index contributed by atoms with van der Waals surface area (Å²) in [6.45, 7) is 0.213. The summed E-state index contributed by atoms with van der Waals surface area (Å²) in [6, 6.07) is 13.7. The van der Waals surface area contributed by atoms with Crippen LogP contribution in [0.2, 0.25) is 4.34 Å². The fraction of sp³-hybridized carbons (Fsp3) is 0.100. The van der Waals surface area contributed by atoms with E-state index < -0.39 is 0 Å². The SMILES string of the molecule is CSOc1cc(-n2ccccc2=O)ccc1-n1cc(CNC(=O)c2ccc(Cl)s2)nn1. The maximum Gasteiger partial charge on any atom is 0.261 e. The van der Waals surface area contributed by atoms with Crippen molar-refractivity contribution in [1.82, 2.24) is 24.9 Å². The van der Waals surface area contributed by atoms with E-state index in [9.17, 15) is 9.59 Å². The number of nitrogens with zero attached hydrogens (tertiary/aromatic N) is 4. The Bertz CT molecular complexity index is 1280. The molecule has 0 saturated heterocycles. The molecule has 11 heteroatoms. The molecule has 0 aliphatic heterocycles. The summed E-state index contributed by atoms with van der Waals surface area (Å²) in [7, 11) is 0. The zero-order valence-corrected chi connectivity index (χ0v) is 18.6. The number of thiophene rings is 1. The number of carbonyl (C=O) groups excluding carboxylic acids is 1. The smallest absolute Gasteiger partial charge is 0.261 e. The molecule has 0 fully saturated rings. The highest BCUT2D eigenvalue weighted by Crippen LogP contribution is 2.28. The lowest BCUT2D eigenvalue weighted by Gasteiger charge is -2.12. The van der Waals surface area contributed by atoms with E-state index in [-0.39, 0.29) is 18.0 Å². The first-order valence-corrected chi connectivity index (χ1v) is 11.4. The zero-order valence-electron chi connectivity index (χ0n) is 16.2. The number of benzene rings is 1. The van der Waals surface area contributed by atoms with Crippen LogP contribution in [0.4, 0.5) is 0 Å². The van der Waals surface area contributed by atoms with Crippen molar-refractivity contribution < 1.29 is 8.98 Å². The van der Waals surface area contributed by atoms with E-state index in [2.05, 4.69) is 15.6 Å². The second kappa shape index (κ2) is 9.38. The minimum absolute atomic E-state index is 0.142. The Morgan fingerprint density at radius 1 is 1.26 bits per heavy atom. The lowest BCUT2D eigenvalue weighted by atomic mass is 10.2. The minimum Gasteiger partial charge on any atom is -0.424 e. The average molecular weight is 474 g/mol. The molecule has 0 aliphatic rings. The van der Waals surface area contributed by atoms with E-state index in [1.807, 2.05) is 0 Å². The second-order valence-electron chi connectivity index (χ2n) is 6.25. The highest BCUT2D eigenvalue weighted by Gasteiger charge is 2.13. The molecule has 0 atom stereocenters. The third-order valence-electron chi connectivity index (χ3n) is 4.23. The molecule has 0 saturated carbocycles. The molecule has 4 rings (SSSR count). The molecule has 8 nitrogen and oxygen atoms in total. The van der Waals surface area contributed by atoms with Crippen molar-refractivity contribution >= 4 is 40.9 Å². The summed E-state index contributed by atoms with van der Waals surface area (Å²) in [5, 5.41) is 11.1. The molecule has 0 spiro atoms. The topological polar surface area (TPSA) is 91.0 Å². The van der Waals surface area contributed by atoms with Crippen LogP contribution < -0.4 is 15.1 Å². The average Bonchev–Trinajstić information content (AvgIpc) is 3.42. The zero-order chi connectivity index (χ0) is 21.8. The van der Waals surface area contributed by atoms with Gasteiger partial charge in [-0.2, -0.15) is 0 Å². The molecule has 31 heavy (non-hydrogen) atoms. The third kappa shape index (κ3) is 4.82. The van der Waals surface area contributed by atoms with Gasteiger partial charge in [-0.3, -0.25) is 14.2 Å². The third-order valence-corrected chi connectivity index (χ3v) is 5.81. The number of hydrogen-bond acceptors (Lipinski definition) is 7. The quantitative estimate of drug-likeness (QED) is 0.411. The Morgan fingerprint density at radius 3 is 2.87 bits per heavy atom. The predicted octanol–water partition coefficient (Wildman–Crippen LogP) is 3.72. The van der Waals surface area contributed by atoms with E-state index in [0.29, 0.717) is 32.0 Å². The van der Waals surface area contributed by atoms with Crippen LogP contribution >= 0.6 is 35.0 Å². The van der Waals surface area contributed by atoms with Crippen molar-refractivity contribution in [2.24, 2.45) is 0 Å². The Morgan fingerprint density at radius 2 is 2.13 bits per heavy atom. The van der Waals surface area contributed by atoms with Crippen LogP contribution in [0.3, 0.4) is 0 Å². The highest BCUT2D eigenvalue weighted by molar-refractivity contribution is 7.94. The standard InChI is InChI=1S/C20H16ClN5O3S2/c1-30-29-16-10-14(25-9-3-2-4-19(25)27)5-6-15(16)26-12-13(23-24-26)11-22-20(28)17-7-8-18(21)31-17/h2-10,12H,11H2,1H3,(H,22,28). The van der Waals surface area contributed by atoms with Gasteiger partial charge in [-0.1, -0.05) is 22.9 Å². The summed E-state index contributed by atoms with van der Waals surface area (Å²) < 4.78 is 9.33. The maximum atomic E-state index is 12.2. The summed E-state index contributed by atoms with van der Waals surface area (Å²) in [5.74, 6) is 0.296. The molecular weight excluding hydrogens is 458 g/mol.